The molecule has 2 aromatic rings. The molecule has 0 saturated heterocycles. The fourth-order valence-electron chi connectivity index (χ4n) is 2.80. The molecule has 26 heavy (non-hydrogen) atoms. The van der Waals surface area contributed by atoms with Crippen molar-refractivity contribution in [2.45, 2.75) is 33.6 Å². The van der Waals surface area contributed by atoms with E-state index in [1.807, 2.05) is 25.1 Å². The predicted octanol–water partition coefficient (Wildman–Crippen LogP) is 5.42. The molecule has 0 fully saturated rings. The van der Waals surface area contributed by atoms with Crippen LogP contribution in [0.1, 0.15) is 37.8 Å². The second kappa shape index (κ2) is 8.56. The fraction of sp³-hybridized carbons (Fsp3) is 0.300. The van der Waals surface area contributed by atoms with Gasteiger partial charge in [-0.05, 0) is 36.1 Å². The molecule has 6 heteroatoms. The molecule has 0 unspecified atom stereocenters. The van der Waals surface area contributed by atoms with Crippen molar-refractivity contribution in [3.8, 4) is 0 Å². The van der Waals surface area contributed by atoms with E-state index in [0.29, 0.717) is 10.7 Å². The van der Waals surface area contributed by atoms with E-state index in [1.54, 1.807) is 18.2 Å². The number of rotatable bonds is 5. The number of para-hydroxylation sites is 1. The highest BCUT2D eigenvalue weighted by atomic mass is 35.5. The SMILES string of the molecule is CC(=O)N(CC(=O)Nc1cccc(Cl)c1Cl)c1c(C)cccc1C(C)C. The highest BCUT2D eigenvalue weighted by Crippen LogP contribution is 2.32. The summed E-state index contributed by atoms with van der Waals surface area (Å²) in [4.78, 5) is 26.3. The monoisotopic (exact) mass is 392 g/mol. The minimum absolute atomic E-state index is 0.108. The summed E-state index contributed by atoms with van der Waals surface area (Å²) >= 11 is 12.1. The number of amides is 2. The van der Waals surface area contributed by atoms with Crippen molar-refractivity contribution < 1.29 is 9.59 Å². The molecule has 0 bridgehead atoms. The first-order chi connectivity index (χ1) is 12.2. The van der Waals surface area contributed by atoms with E-state index >= 15 is 0 Å². The van der Waals surface area contributed by atoms with Gasteiger partial charge in [0.1, 0.15) is 6.54 Å². The van der Waals surface area contributed by atoms with Crippen molar-refractivity contribution >= 4 is 46.4 Å². The van der Waals surface area contributed by atoms with Gasteiger partial charge in [0.25, 0.3) is 0 Å². The summed E-state index contributed by atoms with van der Waals surface area (Å²) in [5.74, 6) is -0.326. The van der Waals surface area contributed by atoms with Gasteiger partial charge in [0, 0.05) is 6.92 Å². The molecule has 0 atom stereocenters. The largest absolute Gasteiger partial charge is 0.323 e. The van der Waals surface area contributed by atoms with Crippen LogP contribution < -0.4 is 10.2 Å². The Balaban J connectivity index is 2.31. The van der Waals surface area contributed by atoms with Gasteiger partial charge >= 0.3 is 0 Å². The standard InChI is InChI=1S/C20H22Cl2N2O2/c1-12(2)15-8-5-7-13(3)20(15)24(14(4)25)11-18(26)23-17-10-6-9-16(21)19(17)22/h5-10,12H,11H2,1-4H3,(H,23,26). The van der Waals surface area contributed by atoms with E-state index in [-0.39, 0.29) is 29.3 Å². The van der Waals surface area contributed by atoms with E-state index in [1.165, 1.54) is 11.8 Å². The highest BCUT2D eigenvalue weighted by Gasteiger charge is 2.22. The molecule has 0 spiro atoms. The lowest BCUT2D eigenvalue weighted by atomic mass is 9.97. The number of carbonyl (C=O) groups excluding carboxylic acids is 2. The summed E-state index contributed by atoms with van der Waals surface area (Å²) in [5, 5.41) is 3.35. The number of hydrogen-bond acceptors (Lipinski definition) is 2. The second-order valence-electron chi connectivity index (χ2n) is 6.42. The Bertz CT molecular complexity index is 835. The van der Waals surface area contributed by atoms with Gasteiger partial charge in [0.2, 0.25) is 11.8 Å². The number of anilines is 2. The molecule has 0 heterocycles. The molecule has 2 amide bonds. The maximum Gasteiger partial charge on any atom is 0.244 e. The molecular formula is C20H22Cl2N2O2. The predicted molar refractivity (Wildman–Crippen MR) is 108 cm³/mol. The van der Waals surface area contributed by atoms with Gasteiger partial charge in [0.15, 0.2) is 0 Å². The third kappa shape index (κ3) is 4.57. The van der Waals surface area contributed by atoms with Gasteiger partial charge in [-0.3, -0.25) is 9.59 Å². The molecule has 0 saturated carbocycles. The van der Waals surface area contributed by atoms with Crippen LogP contribution in [0.15, 0.2) is 36.4 Å². The summed E-state index contributed by atoms with van der Waals surface area (Å²) in [6.45, 7) is 7.40. The zero-order valence-corrected chi connectivity index (χ0v) is 16.8. The Labute approximate surface area is 164 Å². The maximum atomic E-state index is 12.5. The summed E-state index contributed by atoms with van der Waals surface area (Å²) < 4.78 is 0. The quantitative estimate of drug-likeness (QED) is 0.738. The van der Waals surface area contributed by atoms with Crippen LogP contribution in [0.5, 0.6) is 0 Å². The van der Waals surface area contributed by atoms with Crippen LogP contribution in [-0.4, -0.2) is 18.4 Å². The lowest BCUT2D eigenvalue weighted by molar-refractivity contribution is -0.120. The minimum Gasteiger partial charge on any atom is -0.323 e. The number of benzene rings is 2. The van der Waals surface area contributed by atoms with E-state index < -0.39 is 0 Å². The second-order valence-corrected chi connectivity index (χ2v) is 7.21. The van der Waals surface area contributed by atoms with Gasteiger partial charge in [-0.2, -0.15) is 0 Å². The molecule has 0 aliphatic rings. The molecule has 0 aliphatic heterocycles. The first-order valence-electron chi connectivity index (χ1n) is 8.33. The van der Waals surface area contributed by atoms with Crippen molar-refractivity contribution in [2.75, 3.05) is 16.8 Å². The number of nitrogens with one attached hydrogen (secondary N) is 1. The smallest absolute Gasteiger partial charge is 0.244 e. The number of nitrogens with zero attached hydrogens (tertiary/aromatic N) is 1. The fourth-order valence-corrected chi connectivity index (χ4v) is 3.15. The van der Waals surface area contributed by atoms with Gasteiger partial charge in [-0.1, -0.05) is 61.3 Å². The Morgan fingerprint density at radius 3 is 2.38 bits per heavy atom. The Kier molecular flexibility index (Phi) is 6.68. The first kappa shape index (κ1) is 20.3. The zero-order valence-electron chi connectivity index (χ0n) is 15.3. The van der Waals surface area contributed by atoms with Crippen LogP contribution in [0, 0.1) is 6.92 Å². The topological polar surface area (TPSA) is 49.4 Å². The Hall–Kier alpha value is -2.04. The van der Waals surface area contributed by atoms with Crippen molar-refractivity contribution in [1.29, 1.82) is 0 Å². The summed E-state index contributed by atoms with van der Waals surface area (Å²) in [5.41, 5.74) is 3.16. The normalized spacial score (nSPS) is 10.7. The third-order valence-corrected chi connectivity index (χ3v) is 4.89. The average molecular weight is 393 g/mol. The van der Waals surface area contributed by atoms with Crippen LogP contribution >= 0.6 is 23.2 Å². The summed E-state index contributed by atoms with van der Waals surface area (Å²) in [6, 6.07) is 10.9. The Morgan fingerprint density at radius 2 is 1.77 bits per heavy atom. The molecule has 0 aromatic heterocycles. The van der Waals surface area contributed by atoms with Crippen LogP contribution in [0.4, 0.5) is 11.4 Å². The number of halogens is 2. The molecule has 138 valence electrons. The third-order valence-electron chi connectivity index (χ3n) is 4.07. The summed E-state index contributed by atoms with van der Waals surface area (Å²) in [6.07, 6.45) is 0. The van der Waals surface area contributed by atoms with Crippen LogP contribution in [0.2, 0.25) is 10.0 Å². The van der Waals surface area contributed by atoms with E-state index in [4.69, 9.17) is 23.2 Å². The average Bonchev–Trinajstić information content (AvgIpc) is 2.56. The number of aryl methyl sites for hydroxylation is 1. The van der Waals surface area contributed by atoms with Gasteiger partial charge in [-0.25, -0.2) is 0 Å². The molecule has 1 N–H and O–H groups in total. The van der Waals surface area contributed by atoms with Crippen molar-refractivity contribution in [2.24, 2.45) is 0 Å². The minimum atomic E-state index is -0.345. The Morgan fingerprint density at radius 1 is 1.12 bits per heavy atom. The molecule has 4 nitrogen and oxygen atoms in total. The van der Waals surface area contributed by atoms with Gasteiger partial charge in [0.05, 0.1) is 21.4 Å². The number of carbonyl (C=O) groups is 2. The number of hydrogen-bond donors (Lipinski definition) is 1. The molecule has 0 radical (unpaired) electrons. The first-order valence-corrected chi connectivity index (χ1v) is 9.09. The lowest BCUT2D eigenvalue weighted by Crippen LogP contribution is -2.37. The van der Waals surface area contributed by atoms with Crippen molar-refractivity contribution in [1.82, 2.24) is 0 Å². The van der Waals surface area contributed by atoms with Crippen molar-refractivity contribution in [3.63, 3.8) is 0 Å². The highest BCUT2D eigenvalue weighted by molar-refractivity contribution is 6.44. The molecule has 2 rings (SSSR count). The van der Waals surface area contributed by atoms with Crippen molar-refractivity contribution in [3.05, 3.63) is 57.6 Å². The lowest BCUT2D eigenvalue weighted by Gasteiger charge is -2.27. The summed E-state index contributed by atoms with van der Waals surface area (Å²) in [7, 11) is 0. The van der Waals surface area contributed by atoms with Gasteiger partial charge in [-0.15, -0.1) is 0 Å². The maximum absolute atomic E-state index is 12.5. The van der Waals surface area contributed by atoms with Gasteiger partial charge < -0.3 is 10.2 Å². The van der Waals surface area contributed by atoms with E-state index in [2.05, 4.69) is 19.2 Å². The van der Waals surface area contributed by atoms with E-state index in [9.17, 15) is 9.59 Å². The van der Waals surface area contributed by atoms with Crippen LogP contribution in [-0.2, 0) is 9.59 Å². The molecule has 0 aliphatic carbocycles. The van der Waals surface area contributed by atoms with Crippen LogP contribution in [0.25, 0.3) is 0 Å². The molecule has 2 aromatic carbocycles. The van der Waals surface area contributed by atoms with E-state index in [0.717, 1.165) is 16.8 Å². The van der Waals surface area contributed by atoms with Crippen LogP contribution in [0.3, 0.4) is 0 Å². The zero-order chi connectivity index (χ0) is 19.4. The molecular weight excluding hydrogens is 371 g/mol.